The fourth-order valence-corrected chi connectivity index (χ4v) is 2.86. The minimum absolute atomic E-state index is 0.195. The van der Waals surface area contributed by atoms with Gasteiger partial charge >= 0.3 is 0 Å². The topological polar surface area (TPSA) is 46.2 Å². The highest BCUT2D eigenvalue weighted by Crippen LogP contribution is 2.30. The van der Waals surface area contributed by atoms with Gasteiger partial charge in [0.15, 0.2) is 0 Å². The largest absolute Gasteiger partial charge is 0.289 e. The van der Waals surface area contributed by atoms with Gasteiger partial charge in [0, 0.05) is 11.1 Å². The molecule has 22 heavy (non-hydrogen) atoms. The third-order valence-corrected chi connectivity index (χ3v) is 4.19. The first-order chi connectivity index (χ1) is 10.5. The van der Waals surface area contributed by atoms with Crippen molar-refractivity contribution in [3.63, 3.8) is 0 Å². The lowest BCUT2D eigenvalue weighted by Crippen LogP contribution is -2.22. The highest BCUT2D eigenvalue weighted by Gasteiger charge is 2.31. The van der Waals surface area contributed by atoms with Crippen molar-refractivity contribution in [1.82, 2.24) is 5.32 Å². The zero-order valence-corrected chi connectivity index (χ0v) is 13.8. The Morgan fingerprint density at radius 3 is 2.55 bits per heavy atom. The molecular weight excluding hydrogens is 274 g/mol. The normalized spacial score (nSPS) is 18.1. The van der Waals surface area contributed by atoms with E-state index in [0.29, 0.717) is 24.0 Å². The predicted octanol–water partition coefficient (Wildman–Crippen LogP) is 4.13. The van der Waals surface area contributed by atoms with Crippen LogP contribution in [0.15, 0.2) is 46.1 Å². The molecule has 0 fully saturated rings. The van der Waals surface area contributed by atoms with Crippen LogP contribution in [0.5, 0.6) is 0 Å². The molecule has 2 aliphatic rings. The molecule has 0 spiro atoms. The van der Waals surface area contributed by atoms with E-state index in [1.54, 1.807) is 0 Å². The zero-order valence-electron chi connectivity index (χ0n) is 13.8. The number of nitrogens with one attached hydrogen (secondary N) is 1. The van der Waals surface area contributed by atoms with E-state index >= 15 is 0 Å². The Kier molecular flexibility index (Phi) is 5.53. The molecule has 0 aromatic heterocycles. The lowest BCUT2D eigenvalue weighted by molar-refractivity contribution is -0.124. The van der Waals surface area contributed by atoms with E-state index in [0.717, 1.165) is 25.7 Å². The summed E-state index contributed by atoms with van der Waals surface area (Å²) in [5, 5.41) is 2.38. The van der Waals surface area contributed by atoms with Crippen molar-refractivity contribution in [2.75, 3.05) is 0 Å². The average molecular weight is 299 g/mol. The minimum atomic E-state index is -0.203. The number of carbonyl (C=O) groups excluding carboxylic acids is 2. The molecule has 1 N–H and O–H groups in total. The quantitative estimate of drug-likeness (QED) is 0.592. The SMILES string of the molecule is CC(C)=CCC/C(C)=C/CCC1=CCC2=C(C1)C(=O)NC2=O. The van der Waals surface area contributed by atoms with Crippen LogP contribution >= 0.6 is 0 Å². The molecule has 0 aromatic carbocycles. The summed E-state index contributed by atoms with van der Waals surface area (Å²) in [6.45, 7) is 6.43. The van der Waals surface area contributed by atoms with Gasteiger partial charge in [0.05, 0.1) is 0 Å². The molecule has 1 aliphatic heterocycles. The number of imide groups is 1. The van der Waals surface area contributed by atoms with Gasteiger partial charge in [0.2, 0.25) is 0 Å². The Bertz CT molecular complexity index is 599. The maximum Gasteiger partial charge on any atom is 0.254 e. The van der Waals surface area contributed by atoms with Crippen LogP contribution in [0.4, 0.5) is 0 Å². The highest BCUT2D eigenvalue weighted by atomic mass is 16.2. The molecule has 0 atom stereocenters. The molecule has 3 nitrogen and oxygen atoms in total. The van der Waals surface area contributed by atoms with Crippen molar-refractivity contribution in [1.29, 1.82) is 0 Å². The van der Waals surface area contributed by atoms with Crippen molar-refractivity contribution in [3.8, 4) is 0 Å². The Hall–Kier alpha value is -1.90. The fourth-order valence-electron chi connectivity index (χ4n) is 2.86. The second-order valence-corrected chi connectivity index (χ2v) is 6.39. The molecule has 0 bridgehead atoms. The monoisotopic (exact) mass is 299 g/mol. The lowest BCUT2D eigenvalue weighted by atomic mass is 9.90. The molecule has 0 radical (unpaired) electrons. The number of hydrogen-bond acceptors (Lipinski definition) is 2. The Balaban J connectivity index is 1.79. The molecule has 1 aliphatic carbocycles. The van der Waals surface area contributed by atoms with E-state index in [2.05, 4.69) is 44.3 Å². The Morgan fingerprint density at radius 2 is 1.82 bits per heavy atom. The summed E-state index contributed by atoms with van der Waals surface area (Å²) in [5.74, 6) is -0.399. The van der Waals surface area contributed by atoms with E-state index in [-0.39, 0.29) is 11.8 Å². The van der Waals surface area contributed by atoms with Crippen LogP contribution in [0.2, 0.25) is 0 Å². The number of amides is 2. The van der Waals surface area contributed by atoms with Crippen molar-refractivity contribution in [2.24, 2.45) is 0 Å². The molecule has 2 rings (SSSR count). The van der Waals surface area contributed by atoms with Crippen molar-refractivity contribution >= 4 is 11.8 Å². The Morgan fingerprint density at radius 1 is 1.09 bits per heavy atom. The fraction of sp³-hybridized carbons (Fsp3) is 0.474. The van der Waals surface area contributed by atoms with Crippen molar-refractivity contribution in [3.05, 3.63) is 46.1 Å². The van der Waals surface area contributed by atoms with Gasteiger partial charge in [0.25, 0.3) is 11.8 Å². The summed E-state index contributed by atoms with van der Waals surface area (Å²) >= 11 is 0. The van der Waals surface area contributed by atoms with Gasteiger partial charge in [0.1, 0.15) is 0 Å². The van der Waals surface area contributed by atoms with Gasteiger partial charge < -0.3 is 0 Å². The number of rotatable bonds is 6. The summed E-state index contributed by atoms with van der Waals surface area (Å²) in [6.07, 6.45) is 12.1. The first-order valence-corrected chi connectivity index (χ1v) is 8.02. The smallest absolute Gasteiger partial charge is 0.254 e. The molecule has 0 saturated carbocycles. The summed E-state index contributed by atoms with van der Waals surface area (Å²) < 4.78 is 0. The summed E-state index contributed by atoms with van der Waals surface area (Å²) in [7, 11) is 0. The molecule has 0 saturated heterocycles. The third kappa shape index (κ3) is 4.30. The lowest BCUT2D eigenvalue weighted by Gasteiger charge is -2.12. The van der Waals surface area contributed by atoms with Gasteiger partial charge in [-0.25, -0.2) is 0 Å². The molecular formula is C19H25NO2. The predicted molar refractivity (Wildman–Crippen MR) is 89.1 cm³/mol. The standard InChI is InChI=1S/C19H25NO2/c1-13(2)6-4-7-14(3)8-5-9-15-10-11-16-17(12-15)19(22)20-18(16)21/h6,8,10H,4-5,7,9,11-12H2,1-3H3,(H,20,21,22)/b14-8+. The molecule has 3 heteroatoms. The summed E-state index contributed by atoms with van der Waals surface area (Å²) in [4.78, 5) is 23.2. The average Bonchev–Trinajstić information content (AvgIpc) is 2.73. The van der Waals surface area contributed by atoms with Crippen molar-refractivity contribution < 1.29 is 9.59 Å². The number of hydrogen-bond donors (Lipinski definition) is 1. The van der Waals surface area contributed by atoms with E-state index in [1.165, 1.54) is 16.7 Å². The van der Waals surface area contributed by atoms with Crippen molar-refractivity contribution in [2.45, 2.75) is 59.3 Å². The van der Waals surface area contributed by atoms with Crippen LogP contribution in [0, 0.1) is 0 Å². The molecule has 2 amide bonds. The summed E-state index contributed by atoms with van der Waals surface area (Å²) in [6, 6.07) is 0. The van der Waals surface area contributed by atoms with Crippen LogP contribution in [-0.2, 0) is 9.59 Å². The van der Waals surface area contributed by atoms with Crippen LogP contribution in [0.1, 0.15) is 59.3 Å². The third-order valence-electron chi connectivity index (χ3n) is 4.19. The molecule has 0 unspecified atom stereocenters. The van der Waals surface area contributed by atoms with E-state index in [1.807, 2.05) is 0 Å². The second kappa shape index (κ2) is 7.39. The van der Waals surface area contributed by atoms with Gasteiger partial charge in [-0.1, -0.05) is 34.9 Å². The number of allylic oxidation sites excluding steroid dienone is 6. The van der Waals surface area contributed by atoms with Crippen LogP contribution in [0.3, 0.4) is 0 Å². The first-order valence-electron chi connectivity index (χ1n) is 8.02. The summed E-state index contributed by atoms with van der Waals surface area (Å²) in [5.41, 5.74) is 5.42. The second-order valence-electron chi connectivity index (χ2n) is 6.39. The van der Waals surface area contributed by atoms with Crippen LogP contribution in [-0.4, -0.2) is 11.8 Å². The van der Waals surface area contributed by atoms with E-state index < -0.39 is 0 Å². The van der Waals surface area contributed by atoms with Gasteiger partial charge in [-0.15, -0.1) is 0 Å². The molecule has 1 heterocycles. The maximum absolute atomic E-state index is 11.7. The highest BCUT2D eigenvalue weighted by molar-refractivity contribution is 6.19. The van der Waals surface area contributed by atoms with Crippen LogP contribution < -0.4 is 5.32 Å². The van der Waals surface area contributed by atoms with E-state index in [9.17, 15) is 9.59 Å². The Labute approximate surface area is 132 Å². The minimum Gasteiger partial charge on any atom is -0.289 e. The van der Waals surface area contributed by atoms with Gasteiger partial charge in [-0.2, -0.15) is 0 Å². The molecule has 118 valence electrons. The van der Waals surface area contributed by atoms with Crippen LogP contribution in [0.25, 0.3) is 0 Å². The maximum atomic E-state index is 11.7. The molecule has 0 aromatic rings. The zero-order chi connectivity index (χ0) is 16.1. The van der Waals surface area contributed by atoms with Gasteiger partial charge in [-0.3, -0.25) is 14.9 Å². The number of carbonyl (C=O) groups is 2. The van der Waals surface area contributed by atoms with E-state index in [4.69, 9.17) is 0 Å². The first kappa shape index (κ1) is 16.5. The van der Waals surface area contributed by atoms with Gasteiger partial charge in [-0.05, 0) is 59.3 Å².